The first kappa shape index (κ1) is 36.8. The molecule has 3 N–H and O–H groups in total. The smallest absolute Gasteiger partial charge is 0.220 e. The van der Waals surface area contributed by atoms with Crippen LogP contribution in [0.3, 0.4) is 0 Å². The number of aldehydes is 1. The fourth-order valence-corrected chi connectivity index (χ4v) is 3.76. The van der Waals surface area contributed by atoms with Crippen molar-refractivity contribution in [2.45, 2.75) is 65.5 Å². The minimum absolute atomic E-state index is 0.148. The van der Waals surface area contributed by atoms with Crippen LogP contribution in [0.4, 0.5) is 0 Å². The lowest BCUT2D eigenvalue weighted by molar-refractivity contribution is -0.123. The van der Waals surface area contributed by atoms with Gasteiger partial charge in [-0.2, -0.15) is 0 Å². The molecular weight excluding hydrogens is 486 g/mol. The summed E-state index contributed by atoms with van der Waals surface area (Å²) in [6.45, 7) is 12.9. The lowest BCUT2D eigenvalue weighted by atomic mass is 10.1. The summed E-state index contributed by atoms with van der Waals surface area (Å²) < 4.78 is 7.05. The zero-order valence-corrected chi connectivity index (χ0v) is 24.6. The quantitative estimate of drug-likeness (QED) is 0.127. The third-order valence-electron chi connectivity index (χ3n) is 4.72. The first-order valence-electron chi connectivity index (χ1n) is 12.7. The summed E-state index contributed by atoms with van der Waals surface area (Å²) in [5, 5.41) is 15.9. The molecule has 0 aromatic heterocycles. The zero-order valence-electron chi connectivity index (χ0n) is 23.8. The molecule has 1 amide bonds. The molecule has 7 nitrogen and oxygen atoms in total. The minimum atomic E-state index is -0.703. The second-order valence-corrected chi connectivity index (χ2v) is 9.60. The summed E-state index contributed by atoms with van der Waals surface area (Å²) in [6.07, 6.45) is 8.04. The van der Waals surface area contributed by atoms with E-state index in [1.165, 1.54) is 5.56 Å². The third kappa shape index (κ3) is 22.5. The van der Waals surface area contributed by atoms with Gasteiger partial charge < -0.3 is 25.3 Å². The summed E-state index contributed by atoms with van der Waals surface area (Å²) >= 11 is 1.56. The largest absolute Gasteiger partial charge is 0.497 e. The Bertz CT molecular complexity index is 785. The Hall–Kier alpha value is -2.39. The minimum Gasteiger partial charge on any atom is -0.497 e. The van der Waals surface area contributed by atoms with Crippen LogP contribution in [0.25, 0.3) is 0 Å². The molecule has 0 aliphatic rings. The van der Waals surface area contributed by atoms with Crippen molar-refractivity contribution in [3.05, 3.63) is 71.4 Å². The lowest BCUT2D eigenvalue weighted by Crippen LogP contribution is -2.45. The Morgan fingerprint density at radius 3 is 2.35 bits per heavy atom. The molecule has 1 aromatic rings. The average molecular weight is 536 g/mol. The van der Waals surface area contributed by atoms with Crippen LogP contribution in [0.5, 0.6) is 0 Å². The van der Waals surface area contributed by atoms with Crippen molar-refractivity contribution in [1.29, 1.82) is 0 Å². The van der Waals surface area contributed by atoms with Crippen molar-refractivity contribution in [1.82, 2.24) is 14.9 Å². The van der Waals surface area contributed by atoms with E-state index in [0.29, 0.717) is 18.6 Å². The van der Waals surface area contributed by atoms with Gasteiger partial charge in [0.2, 0.25) is 5.91 Å². The molecule has 0 radical (unpaired) electrons. The normalized spacial score (nSPS) is 12.5. The van der Waals surface area contributed by atoms with Crippen LogP contribution < -0.4 is 10.6 Å². The first-order valence-corrected chi connectivity index (χ1v) is 13.5. The molecule has 0 aliphatic heterocycles. The standard InChI is InChI=1S/C19H32N2O4S.C8H10.C2H7N/c1-6-12-21(26-16(3)10-7-9-15(2)25-5)14-18(23)17(4)20-19(24)11-8-13-22;1-2-8-6-4-3-5-7-8;1-3-2/h7,9-10,13,17-18,23H,2,6,8,11-12,14H2,1,3-5H3,(H,20,24);3-7H,2H2,1H3;3H,1-2H3/b9-7-,16-10+;;. The van der Waals surface area contributed by atoms with Gasteiger partial charge in [0.25, 0.3) is 0 Å². The van der Waals surface area contributed by atoms with E-state index in [4.69, 9.17) is 4.74 Å². The summed E-state index contributed by atoms with van der Waals surface area (Å²) in [5.74, 6) is 0.358. The molecule has 1 rings (SSSR count). The number of nitrogens with one attached hydrogen (secondary N) is 2. The number of methoxy groups -OCH3 is 1. The highest BCUT2D eigenvalue weighted by Crippen LogP contribution is 2.21. The molecule has 8 heteroatoms. The van der Waals surface area contributed by atoms with E-state index in [1.807, 2.05) is 39.2 Å². The molecule has 0 saturated carbocycles. The van der Waals surface area contributed by atoms with E-state index in [0.717, 1.165) is 24.3 Å². The van der Waals surface area contributed by atoms with Gasteiger partial charge >= 0.3 is 0 Å². The SMILES string of the molecule is C=C(/C=C\C=C(/C)SN(CCC)CC(O)C(C)NC(=O)CCC=O)OC.CCc1ccccc1.CNC. The first-order chi connectivity index (χ1) is 17.7. The van der Waals surface area contributed by atoms with Crippen LogP contribution in [0.2, 0.25) is 0 Å². The second kappa shape index (κ2) is 25.3. The van der Waals surface area contributed by atoms with Crippen molar-refractivity contribution < 1.29 is 19.4 Å². The zero-order chi connectivity index (χ0) is 28.5. The number of nitrogens with zero attached hydrogens (tertiary/aromatic N) is 1. The van der Waals surface area contributed by atoms with Gasteiger partial charge in [-0.25, -0.2) is 4.31 Å². The maximum absolute atomic E-state index is 11.7. The molecule has 1 aromatic carbocycles. The van der Waals surface area contributed by atoms with Gasteiger partial charge in [0, 0.05) is 25.9 Å². The number of amides is 1. The number of rotatable bonds is 15. The second-order valence-electron chi connectivity index (χ2n) is 8.25. The molecular formula is C29H49N3O4S. The highest BCUT2D eigenvalue weighted by atomic mass is 32.2. The maximum atomic E-state index is 11.7. The topological polar surface area (TPSA) is 90.9 Å². The van der Waals surface area contributed by atoms with Gasteiger partial charge in [0.1, 0.15) is 12.0 Å². The van der Waals surface area contributed by atoms with E-state index in [2.05, 4.69) is 59.6 Å². The van der Waals surface area contributed by atoms with E-state index in [-0.39, 0.29) is 24.8 Å². The number of carbonyl (C=O) groups is 2. The fraction of sp³-hybridized carbons (Fsp3) is 0.517. The van der Waals surface area contributed by atoms with Crippen LogP contribution in [-0.2, 0) is 20.7 Å². The van der Waals surface area contributed by atoms with Crippen molar-refractivity contribution in [3.63, 3.8) is 0 Å². The van der Waals surface area contributed by atoms with E-state index in [9.17, 15) is 14.7 Å². The van der Waals surface area contributed by atoms with E-state index < -0.39 is 6.10 Å². The van der Waals surface area contributed by atoms with E-state index in [1.54, 1.807) is 32.1 Å². The molecule has 0 spiro atoms. The van der Waals surface area contributed by atoms with Crippen molar-refractivity contribution in [3.8, 4) is 0 Å². The van der Waals surface area contributed by atoms with Crippen LogP contribution in [0.15, 0.2) is 65.8 Å². The van der Waals surface area contributed by atoms with Crippen molar-refractivity contribution in [2.75, 3.05) is 34.3 Å². The number of aliphatic hydroxyl groups is 1. The molecule has 0 bridgehead atoms. The summed E-state index contributed by atoms with van der Waals surface area (Å²) in [7, 11) is 5.32. The number of aliphatic hydroxyl groups excluding tert-OH is 1. The molecule has 2 atom stereocenters. The fourth-order valence-electron chi connectivity index (χ4n) is 2.71. The van der Waals surface area contributed by atoms with Crippen molar-refractivity contribution >= 4 is 24.1 Å². The molecule has 0 saturated heterocycles. The Labute approximate surface area is 229 Å². The number of hydrogen-bond acceptors (Lipinski definition) is 7. The summed E-state index contributed by atoms with van der Waals surface area (Å²) in [6, 6.07) is 10.1. The predicted molar refractivity (Wildman–Crippen MR) is 158 cm³/mol. The number of ether oxygens (including phenoxy) is 1. The van der Waals surface area contributed by atoms with Crippen molar-refractivity contribution in [2.24, 2.45) is 0 Å². The van der Waals surface area contributed by atoms with Crippen LogP contribution in [0.1, 0.15) is 52.5 Å². The number of hydrogen-bond donors (Lipinski definition) is 3. The highest BCUT2D eigenvalue weighted by molar-refractivity contribution is 8.00. The van der Waals surface area contributed by atoms with Gasteiger partial charge in [-0.15, -0.1) is 0 Å². The molecule has 0 heterocycles. The molecule has 210 valence electrons. The van der Waals surface area contributed by atoms with Gasteiger partial charge in [-0.3, -0.25) is 4.79 Å². The van der Waals surface area contributed by atoms with Crippen LogP contribution >= 0.6 is 11.9 Å². The Morgan fingerprint density at radius 1 is 1.24 bits per heavy atom. The van der Waals surface area contributed by atoms with Gasteiger partial charge in [-0.1, -0.05) is 62.9 Å². The number of allylic oxidation sites excluding steroid dienone is 4. The number of benzene rings is 1. The highest BCUT2D eigenvalue weighted by Gasteiger charge is 2.20. The van der Waals surface area contributed by atoms with Gasteiger partial charge in [-0.05, 0) is 69.3 Å². The molecule has 0 aliphatic carbocycles. The Morgan fingerprint density at radius 2 is 1.86 bits per heavy atom. The molecule has 0 fully saturated rings. The monoisotopic (exact) mass is 535 g/mol. The van der Waals surface area contributed by atoms with E-state index >= 15 is 0 Å². The maximum Gasteiger partial charge on any atom is 0.220 e. The third-order valence-corrected chi connectivity index (χ3v) is 5.73. The molecule has 2 unspecified atom stereocenters. The van der Waals surface area contributed by atoms with Gasteiger partial charge in [0.05, 0.1) is 19.3 Å². The van der Waals surface area contributed by atoms with Gasteiger partial charge in [0.15, 0.2) is 0 Å². The lowest BCUT2D eigenvalue weighted by Gasteiger charge is -2.27. The van der Waals surface area contributed by atoms with Crippen LogP contribution in [0, 0.1) is 0 Å². The Kier molecular flexibility index (Phi) is 25.1. The van der Waals surface area contributed by atoms with Crippen LogP contribution in [-0.4, -0.2) is 68.0 Å². The Balaban J connectivity index is 0. The number of carbonyl (C=O) groups excluding carboxylic acids is 2. The number of aryl methyl sites for hydroxylation is 1. The predicted octanol–water partition coefficient (Wildman–Crippen LogP) is 4.90. The molecule has 37 heavy (non-hydrogen) atoms. The average Bonchev–Trinajstić information content (AvgIpc) is 2.88. The summed E-state index contributed by atoms with van der Waals surface area (Å²) in [4.78, 5) is 23.1. The summed E-state index contributed by atoms with van der Waals surface area (Å²) in [5.41, 5.74) is 1.41.